The van der Waals surface area contributed by atoms with Gasteiger partial charge in [0.2, 0.25) is 0 Å². The van der Waals surface area contributed by atoms with Crippen LogP contribution >= 0.6 is 0 Å². The highest BCUT2D eigenvalue weighted by atomic mass is 19.1. The van der Waals surface area contributed by atoms with Crippen LogP contribution in [0.4, 0.5) is 10.1 Å². The molecule has 1 aromatic rings. The molecule has 1 aliphatic rings. The zero-order valence-electron chi connectivity index (χ0n) is 11.9. The Bertz CT molecular complexity index is 414. The number of hydrogen-bond donors (Lipinski definition) is 1. The summed E-state index contributed by atoms with van der Waals surface area (Å²) in [5, 5.41) is 0. The van der Waals surface area contributed by atoms with Gasteiger partial charge in [-0.2, -0.15) is 0 Å². The van der Waals surface area contributed by atoms with E-state index in [0.29, 0.717) is 0 Å². The second-order valence-corrected chi connectivity index (χ2v) is 5.44. The van der Waals surface area contributed by atoms with E-state index >= 15 is 0 Å². The Balaban J connectivity index is 2.18. The normalized spacial score (nSPS) is 18.6. The Hall–Kier alpha value is -1.13. The number of halogens is 1. The summed E-state index contributed by atoms with van der Waals surface area (Å²) in [7, 11) is 2.13. The average molecular weight is 265 g/mol. The van der Waals surface area contributed by atoms with Gasteiger partial charge >= 0.3 is 0 Å². The van der Waals surface area contributed by atoms with Crippen molar-refractivity contribution in [2.45, 2.75) is 25.8 Å². The molecule has 0 amide bonds. The molecule has 3 nitrogen and oxygen atoms in total. The Labute approximate surface area is 115 Å². The Morgan fingerprint density at radius 2 is 1.95 bits per heavy atom. The summed E-state index contributed by atoms with van der Waals surface area (Å²) in [5.41, 5.74) is 8.22. The Morgan fingerprint density at radius 1 is 1.26 bits per heavy atom. The van der Waals surface area contributed by atoms with Gasteiger partial charge in [-0.3, -0.25) is 0 Å². The van der Waals surface area contributed by atoms with Crippen LogP contribution in [0.15, 0.2) is 18.2 Å². The second kappa shape index (κ2) is 6.35. The van der Waals surface area contributed by atoms with Crippen molar-refractivity contribution in [3.63, 3.8) is 0 Å². The van der Waals surface area contributed by atoms with Gasteiger partial charge in [-0.1, -0.05) is 6.92 Å². The lowest BCUT2D eigenvalue weighted by Gasteiger charge is -2.35. The molecule has 1 heterocycles. The summed E-state index contributed by atoms with van der Waals surface area (Å²) in [6.45, 7) is 6.17. The number of likely N-dealkylation sites (N-methyl/N-ethyl adjacent to an activating group) is 1. The number of anilines is 1. The van der Waals surface area contributed by atoms with Gasteiger partial charge in [-0.25, -0.2) is 4.39 Å². The lowest BCUT2D eigenvalue weighted by Crippen LogP contribution is -2.45. The minimum atomic E-state index is -0.170. The van der Waals surface area contributed by atoms with Crippen molar-refractivity contribution < 1.29 is 4.39 Å². The molecule has 0 bridgehead atoms. The SMILES string of the molecule is CCC(N)Cc1cc(F)ccc1N1CCN(C)CC1. The van der Waals surface area contributed by atoms with Crippen molar-refractivity contribution >= 4 is 5.69 Å². The maximum Gasteiger partial charge on any atom is 0.123 e. The van der Waals surface area contributed by atoms with Gasteiger partial charge in [0.1, 0.15) is 5.82 Å². The van der Waals surface area contributed by atoms with Crippen molar-refractivity contribution in [3.8, 4) is 0 Å². The van der Waals surface area contributed by atoms with Crippen LogP contribution < -0.4 is 10.6 Å². The molecule has 2 rings (SSSR count). The second-order valence-electron chi connectivity index (χ2n) is 5.44. The molecule has 0 radical (unpaired) electrons. The third kappa shape index (κ3) is 3.67. The maximum atomic E-state index is 13.5. The Kier molecular flexibility index (Phi) is 4.77. The van der Waals surface area contributed by atoms with Crippen LogP contribution in [-0.2, 0) is 6.42 Å². The maximum absolute atomic E-state index is 13.5. The van der Waals surface area contributed by atoms with E-state index in [1.54, 1.807) is 12.1 Å². The standard InChI is InChI=1S/C15H24FN3/c1-3-14(17)11-12-10-13(16)4-5-15(12)19-8-6-18(2)7-9-19/h4-5,10,14H,3,6-9,11,17H2,1-2H3. The van der Waals surface area contributed by atoms with Crippen LogP contribution in [0, 0.1) is 5.82 Å². The first-order valence-corrected chi connectivity index (χ1v) is 7.07. The van der Waals surface area contributed by atoms with Gasteiger partial charge in [0.15, 0.2) is 0 Å². The smallest absolute Gasteiger partial charge is 0.123 e. The fourth-order valence-corrected chi connectivity index (χ4v) is 2.50. The number of hydrogen-bond acceptors (Lipinski definition) is 3. The molecular formula is C15H24FN3. The predicted molar refractivity (Wildman–Crippen MR) is 78.1 cm³/mol. The third-order valence-electron chi connectivity index (χ3n) is 3.89. The largest absolute Gasteiger partial charge is 0.369 e. The summed E-state index contributed by atoms with van der Waals surface area (Å²) >= 11 is 0. The molecule has 0 saturated carbocycles. The van der Waals surface area contributed by atoms with Crippen molar-refractivity contribution in [2.75, 3.05) is 38.1 Å². The summed E-state index contributed by atoms with van der Waals surface area (Å²) in [6.07, 6.45) is 1.66. The van der Waals surface area contributed by atoms with Crippen LogP contribution in [-0.4, -0.2) is 44.2 Å². The highest BCUT2D eigenvalue weighted by Gasteiger charge is 2.18. The van der Waals surface area contributed by atoms with Crippen molar-refractivity contribution in [1.29, 1.82) is 0 Å². The van der Waals surface area contributed by atoms with Gasteiger partial charge in [-0.05, 0) is 43.7 Å². The van der Waals surface area contributed by atoms with E-state index in [2.05, 4.69) is 23.8 Å². The first-order chi connectivity index (χ1) is 9.10. The van der Waals surface area contributed by atoms with Gasteiger partial charge in [0.05, 0.1) is 0 Å². The quantitative estimate of drug-likeness (QED) is 0.902. The molecule has 2 N–H and O–H groups in total. The summed E-state index contributed by atoms with van der Waals surface area (Å²) < 4.78 is 13.5. The Morgan fingerprint density at radius 3 is 2.58 bits per heavy atom. The van der Waals surface area contributed by atoms with E-state index in [1.807, 2.05) is 6.07 Å². The van der Waals surface area contributed by atoms with E-state index in [0.717, 1.165) is 50.3 Å². The fourth-order valence-electron chi connectivity index (χ4n) is 2.50. The number of piperazine rings is 1. The highest BCUT2D eigenvalue weighted by molar-refractivity contribution is 5.54. The fraction of sp³-hybridized carbons (Fsp3) is 0.600. The molecule has 1 fully saturated rings. The molecule has 1 aliphatic heterocycles. The molecule has 1 unspecified atom stereocenters. The van der Waals surface area contributed by atoms with Crippen LogP contribution in [0.3, 0.4) is 0 Å². The lowest BCUT2D eigenvalue weighted by molar-refractivity contribution is 0.312. The topological polar surface area (TPSA) is 32.5 Å². The van der Waals surface area contributed by atoms with Crippen LogP contribution in [0.1, 0.15) is 18.9 Å². The van der Waals surface area contributed by atoms with E-state index < -0.39 is 0 Å². The zero-order chi connectivity index (χ0) is 13.8. The number of nitrogens with two attached hydrogens (primary N) is 1. The van der Waals surface area contributed by atoms with Gasteiger partial charge in [-0.15, -0.1) is 0 Å². The molecule has 19 heavy (non-hydrogen) atoms. The molecule has 0 aromatic heterocycles. The lowest BCUT2D eigenvalue weighted by atomic mass is 10.0. The van der Waals surface area contributed by atoms with E-state index in [-0.39, 0.29) is 11.9 Å². The summed E-state index contributed by atoms with van der Waals surface area (Å²) in [6, 6.07) is 5.20. The van der Waals surface area contributed by atoms with Crippen molar-refractivity contribution in [3.05, 3.63) is 29.6 Å². The van der Waals surface area contributed by atoms with Crippen LogP contribution in [0.2, 0.25) is 0 Å². The summed E-state index contributed by atoms with van der Waals surface area (Å²) in [4.78, 5) is 4.66. The van der Waals surface area contributed by atoms with E-state index in [1.165, 1.54) is 0 Å². The van der Waals surface area contributed by atoms with Crippen LogP contribution in [0.5, 0.6) is 0 Å². The number of rotatable bonds is 4. The molecule has 4 heteroatoms. The number of benzene rings is 1. The third-order valence-corrected chi connectivity index (χ3v) is 3.89. The predicted octanol–water partition coefficient (Wildman–Crippen LogP) is 1.86. The number of nitrogens with zero attached hydrogens (tertiary/aromatic N) is 2. The molecule has 1 aromatic carbocycles. The molecule has 1 atom stereocenters. The van der Waals surface area contributed by atoms with E-state index in [9.17, 15) is 4.39 Å². The van der Waals surface area contributed by atoms with E-state index in [4.69, 9.17) is 5.73 Å². The van der Waals surface area contributed by atoms with Gasteiger partial charge < -0.3 is 15.5 Å². The average Bonchev–Trinajstić information content (AvgIpc) is 2.40. The minimum Gasteiger partial charge on any atom is -0.369 e. The van der Waals surface area contributed by atoms with Crippen molar-refractivity contribution in [2.24, 2.45) is 5.73 Å². The first-order valence-electron chi connectivity index (χ1n) is 7.07. The van der Waals surface area contributed by atoms with Crippen LogP contribution in [0.25, 0.3) is 0 Å². The van der Waals surface area contributed by atoms with Crippen molar-refractivity contribution in [1.82, 2.24) is 4.90 Å². The molecule has 106 valence electrons. The zero-order valence-corrected chi connectivity index (χ0v) is 11.9. The first kappa shape index (κ1) is 14.3. The molecule has 1 saturated heterocycles. The summed E-state index contributed by atoms with van der Waals surface area (Å²) in [5.74, 6) is -0.170. The van der Waals surface area contributed by atoms with Gasteiger partial charge in [0, 0.05) is 37.9 Å². The molecule has 0 spiro atoms. The van der Waals surface area contributed by atoms with Gasteiger partial charge in [0.25, 0.3) is 0 Å². The molecular weight excluding hydrogens is 241 g/mol. The monoisotopic (exact) mass is 265 g/mol. The highest BCUT2D eigenvalue weighted by Crippen LogP contribution is 2.24. The minimum absolute atomic E-state index is 0.105. The molecule has 0 aliphatic carbocycles.